The molecule has 7 nitrogen and oxygen atoms in total. The van der Waals surface area contributed by atoms with Gasteiger partial charge in [-0.1, -0.05) is 32.0 Å². The minimum Gasteiger partial charge on any atom is -0.489 e. The molecule has 2 saturated heterocycles. The van der Waals surface area contributed by atoms with Crippen LogP contribution in [0.25, 0.3) is 0 Å². The van der Waals surface area contributed by atoms with Crippen molar-refractivity contribution < 1.29 is 19.0 Å². The van der Waals surface area contributed by atoms with E-state index < -0.39 is 0 Å². The van der Waals surface area contributed by atoms with Crippen molar-refractivity contribution in [3.8, 4) is 17.4 Å². The van der Waals surface area contributed by atoms with E-state index in [-0.39, 0.29) is 11.3 Å². The summed E-state index contributed by atoms with van der Waals surface area (Å²) in [4.78, 5) is 22.4. The maximum absolute atomic E-state index is 13.1. The Labute approximate surface area is 221 Å². The Morgan fingerprint density at radius 3 is 2.51 bits per heavy atom. The van der Waals surface area contributed by atoms with Crippen LogP contribution in [0, 0.1) is 11.3 Å². The maximum atomic E-state index is 13.1. The lowest BCUT2D eigenvalue weighted by Crippen LogP contribution is -2.48. The first kappa shape index (κ1) is 26.0. The molecular weight excluding hydrogens is 466 g/mol. The van der Waals surface area contributed by atoms with Gasteiger partial charge in [0.05, 0.1) is 6.61 Å². The average molecular weight is 508 g/mol. The van der Waals surface area contributed by atoms with Crippen LogP contribution >= 0.6 is 0 Å². The molecule has 0 spiro atoms. The largest absolute Gasteiger partial charge is 0.489 e. The summed E-state index contributed by atoms with van der Waals surface area (Å²) in [7, 11) is 0. The van der Waals surface area contributed by atoms with Gasteiger partial charge < -0.3 is 19.1 Å². The van der Waals surface area contributed by atoms with Crippen molar-refractivity contribution in [1.29, 1.82) is 0 Å². The van der Waals surface area contributed by atoms with Gasteiger partial charge in [-0.05, 0) is 68.7 Å². The summed E-state index contributed by atoms with van der Waals surface area (Å²) < 4.78 is 18.1. The number of hydrogen-bond donors (Lipinski definition) is 0. The third-order valence-electron chi connectivity index (χ3n) is 8.06. The summed E-state index contributed by atoms with van der Waals surface area (Å²) in [6.07, 6.45) is 7.67. The van der Waals surface area contributed by atoms with Crippen molar-refractivity contribution in [2.24, 2.45) is 11.3 Å². The monoisotopic (exact) mass is 507 g/mol. The molecule has 5 rings (SSSR count). The smallest absolute Gasteiger partial charge is 0.225 e. The van der Waals surface area contributed by atoms with Gasteiger partial charge in [0.25, 0.3) is 0 Å². The molecule has 7 heteroatoms. The minimum atomic E-state index is 0.0530. The summed E-state index contributed by atoms with van der Waals surface area (Å²) in [6, 6.07) is 12.4. The summed E-state index contributed by atoms with van der Waals surface area (Å²) >= 11 is 0. The molecule has 1 aromatic carbocycles. The molecule has 2 aromatic rings. The van der Waals surface area contributed by atoms with Crippen molar-refractivity contribution in [1.82, 2.24) is 14.8 Å². The number of ether oxygens (including phenoxy) is 3. The fourth-order valence-electron chi connectivity index (χ4n) is 5.76. The van der Waals surface area contributed by atoms with Gasteiger partial charge in [0.2, 0.25) is 11.8 Å². The minimum absolute atomic E-state index is 0.0530. The number of aromatic nitrogens is 1. The van der Waals surface area contributed by atoms with E-state index in [1.807, 2.05) is 30.3 Å². The van der Waals surface area contributed by atoms with Gasteiger partial charge in [0.15, 0.2) is 11.5 Å². The molecule has 2 fully saturated rings. The second kappa shape index (κ2) is 11.8. The predicted octanol–water partition coefficient (Wildman–Crippen LogP) is 5.29. The first-order valence-corrected chi connectivity index (χ1v) is 13.9. The van der Waals surface area contributed by atoms with Gasteiger partial charge in [0.1, 0.15) is 0 Å². The number of pyridine rings is 1. The molecule has 0 bridgehead atoms. The lowest BCUT2D eigenvalue weighted by atomic mass is 9.88. The van der Waals surface area contributed by atoms with Crippen LogP contribution in [0.3, 0.4) is 0 Å². The molecule has 3 aliphatic heterocycles. The Kier molecular flexibility index (Phi) is 8.30. The number of hydrogen-bond acceptors (Lipinski definition) is 6. The van der Waals surface area contributed by atoms with E-state index >= 15 is 0 Å². The number of nitrogens with zero attached hydrogens (tertiary/aromatic N) is 3. The Morgan fingerprint density at radius 2 is 1.73 bits per heavy atom. The molecule has 1 amide bonds. The Bertz CT molecular complexity index is 1040. The van der Waals surface area contributed by atoms with E-state index in [0.717, 1.165) is 76.0 Å². The normalized spacial score (nSPS) is 22.3. The first-order chi connectivity index (χ1) is 18.0. The molecular formula is C30H41N3O4. The molecule has 0 atom stereocenters. The van der Waals surface area contributed by atoms with Crippen molar-refractivity contribution in [3.05, 3.63) is 48.2 Å². The number of carbonyl (C=O) groups is 1. The van der Waals surface area contributed by atoms with E-state index in [1.165, 1.54) is 0 Å². The third kappa shape index (κ3) is 6.63. The second-order valence-electron chi connectivity index (χ2n) is 11.5. The van der Waals surface area contributed by atoms with Crippen LogP contribution in [0.2, 0.25) is 0 Å². The van der Waals surface area contributed by atoms with Gasteiger partial charge in [-0.15, -0.1) is 0 Å². The maximum Gasteiger partial charge on any atom is 0.225 e. The number of carbonyl (C=O) groups excluding carboxylic acids is 1. The van der Waals surface area contributed by atoms with Crippen LogP contribution in [-0.2, 0) is 16.1 Å². The molecule has 37 heavy (non-hydrogen) atoms. The van der Waals surface area contributed by atoms with Crippen molar-refractivity contribution in [3.63, 3.8) is 0 Å². The van der Waals surface area contributed by atoms with Crippen molar-refractivity contribution >= 4 is 5.91 Å². The Balaban J connectivity index is 1.32. The molecule has 4 heterocycles. The van der Waals surface area contributed by atoms with Gasteiger partial charge in [-0.2, -0.15) is 0 Å². The lowest BCUT2D eigenvalue weighted by molar-refractivity contribution is -0.140. The predicted molar refractivity (Wildman–Crippen MR) is 143 cm³/mol. The van der Waals surface area contributed by atoms with Crippen LogP contribution in [0.15, 0.2) is 42.6 Å². The molecule has 0 aliphatic carbocycles. The molecule has 0 saturated carbocycles. The summed E-state index contributed by atoms with van der Waals surface area (Å²) in [5.41, 5.74) is 1.13. The molecule has 200 valence electrons. The lowest BCUT2D eigenvalue weighted by Gasteiger charge is -2.40. The highest BCUT2D eigenvalue weighted by molar-refractivity contribution is 5.79. The number of rotatable bonds is 2. The molecule has 3 aliphatic rings. The number of para-hydroxylation sites is 2. The zero-order valence-corrected chi connectivity index (χ0v) is 22.4. The van der Waals surface area contributed by atoms with Crippen molar-refractivity contribution in [2.75, 3.05) is 39.5 Å². The number of likely N-dealkylation sites (tertiary alicyclic amines) is 1. The van der Waals surface area contributed by atoms with Crippen LogP contribution in [-0.4, -0.2) is 66.2 Å². The van der Waals surface area contributed by atoms with Gasteiger partial charge >= 0.3 is 0 Å². The van der Waals surface area contributed by atoms with Gasteiger partial charge in [0, 0.05) is 56.6 Å². The number of piperidine rings is 1. The van der Waals surface area contributed by atoms with Crippen molar-refractivity contribution in [2.45, 2.75) is 65.0 Å². The fourth-order valence-corrected chi connectivity index (χ4v) is 5.76. The van der Waals surface area contributed by atoms with E-state index in [0.29, 0.717) is 43.4 Å². The summed E-state index contributed by atoms with van der Waals surface area (Å²) in [6.45, 7) is 10.1. The molecule has 1 aromatic heterocycles. The van der Waals surface area contributed by atoms with Crippen LogP contribution in [0.1, 0.15) is 57.9 Å². The zero-order chi connectivity index (χ0) is 25.7. The van der Waals surface area contributed by atoms with E-state index in [2.05, 4.69) is 34.7 Å². The topological polar surface area (TPSA) is 64.1 Å². The molecule has 0 N–H and O–H groups in total. The highest BCUT2D eigenvalue weighted by atomic mass is 16.5. The van der Waals surface area contributed by atoms with E-state index in [4.69, 9.17) is 14.2 Å². The van der Waals surface area contributed by atoms with E-state index in [9.17, 15) is 4.79 Å². The quantitative estimate of drug-likeness (QED) is 0.550. The Hall–Kier alpha value is -2.64. The first-order valence-electron chi connectivity index (χ1n) is 13.9. The standard InChI is InChI=1S/C30H41N3O4/c1-30(2)14-6-16-33(25-10-17-32(18-11-25)29(34)23-12-19-35-20-13-23)21-24-7-5-15-31-28(24)37-27-9-4-3-8-26(27)36-22-30/h3-5,7-9,15,23,25H,6,10-14,16-22H2,1-2H3. The fraction of sp³-hybridized carbons (Fsp3) is 0.600. The van der Waals surface area contributed by atoms with E-state index in [1.54, 1.807) is 6.20 Å². The van der Waals surface area contributed by atoms with Crippen LogP contribution < -0.4 is 9.47 Å². The highest BCUT2D eigenvalue weighted by Crippen LogP contribution is 2.35. The number of fused-ring (bicyclic) bond motifs is 2. The molecule has 0 unspecified atom stereocenters. The summed E-state index contributed by atoms with van der Waals surface area (Å²) in [5, 5.41) is 0. The Morgan fingerprint density at radius 1 is 0.973 bits per heavy atom. The second-order valence-corrected chi connectivity index (χ2v) is 11.5. The van der Waals surface area contributed by atoms with Crippen LogP contribution in [0.5, 0.6) is 17.4 Å². The number of amides is 1. The van der Waals surface area contributed by atoms with Gasteiger partial charge in [-0.25, -0.2) is 4.98 Å². The highest BCUT2D eigenvalue weighted by Gasteiger charge is 2.32. The van der Waals surface area contributed by atoms with Crippen LogP contribution in [0.4, 0.5) is 0 Å². The third-order valence-corrected chi connectivity index (χ3v) is 8.06. The molecule has 0 radical (unpaired) electrons. The average Bonchev–Trinajstić information content (AvgIpc) is 2.93. The number of benzene rings is 1. The van der Waals surface area contributed by atoms with Gasteiger partial charge in [-0.3, -0.25) is 9.69 Å². The summed E-state index contributed by atoms with van der Waals surface area (Å²) in [5.74, 6) is 2.55. The zero-order valence-electron chi connectivity index (χ0n) is 22.4. The SMILES string of the molecule is CC1(C)CCCN(C2CCN(C(=O)C3CCOCC3)CC2)Cc2cccnc2Oc2ccccc2OC1.